The van der Waals surface area contributed by atoms with Gasteiger partial charge < -0.3 is 5.73 Å². The summed E-state index contributed by atoms with van der Waals surface area (Å²) in [6, 6.07) is 3.89. The normalized spacial score (nSPS) is 10.8. The van der Waals surface area contributed by atoms with Gasteiger partial charge in [-0.25, -0.2) is 4.68 Å². The minimum atomic E-state index is 0.459. The predicted octanol–water partition coefficient (Wildman–Crippen LogP) is 2.11. The number of pyridine rings is 1. The number of aryl methyl sites for hydroxylation is 1. The zero-order valence-electron chi connectivity index (χ0n) is 9.24. The maximum Gasteiger partial charge on any atom is 0.0832 e. The first-order chi connectivity index (χ1) is 7.63. The van der Waals surface area contributed by atoms with Crippen molar-refractivity contribution in [3.05, 3.63) is 39.9 Å². The van der Waals surface area contributed by atoms with Crippen molar-refractivity contribution in [1.29, 1.82) is 0 Å². The predicted molar refractivity (Wildman–Crippen MR) is 66.4 cm³/mol. The average Bonchev–Trinajstić information content (AvgIpc) is 2.57. The van der Waals surface area contributed by atoms with Crippen molar-refractivity contribution < 1.29 is 0 Å². The molecule has 0 bridgehead atoms. The second-order valence-electron chi connectivity index (χ2n) is 3.61. The van der Waals surface area contributed by atoms with Crippen LogP contribution in [0.2, 0.25) is 0 Å². The van der Waals surface area contributed by atoms with Crippen molar-refractivity contribution in [2.75, 3.05) is 0 Å². The highest BCUT2D eigenvalue weighted by atomic mass is 79.9. The Hall–Kier alpha value is -1.20. The van der Waals surface area contributed by atoms with Crippen molar-refractivity contribution in [3.8, 4) is 5.69 Å². The molecule has 2 rings (SSSR count). The summed E-state index contributed by atoms with van der Waals surface area (Å²) in [6.07, 6.45) is 1.79. The lowest BCUT2D eigenvalue weighted by molar-refractivity contribution is 0.824. The molecule has 2 aromatic heterocycles. The molecule has 5 heteroatoms. The SMILES string of the molecule is Cc1nn(-c2ccc(CN)nc2)c(C)c1Br. The van der Waals surface area contributed by atoms with Crippen LogP contribution in [0.1, 0.15) is 17.1 Å². The molecule has 4 nitrogen and oxygen atoms in total. The van der Waals surface area contributed by atoms with Gasteiger partial charge in [0.2, 0.25) is 0 Å². The first-order valence-corrected chi connectivity index (χ1v) is 5.80. The van der Waals surface area contributed by atoms with Crippen molar-refractivity contribution in [3.63, 3.8) is 0 Å². The maximum absolute atomic E-state index is 5.50. The zero-order chi connectivity index (χ0) is 11.7. The van der Waals surface area contributed by atoms with Crippen LogP contribution in [0.5, 0.6) is 0 Å². The number of nitrogens with two attached hydrogens (primary N) is 1. The Morgan fingerprint density at radius 3 is 2.56 bits per heavy atom. The molecular weight excluding hydrogens is 268 g/mol. The quantitative estimate of drug-likeness (QED) is 0.917. The fourth-order valence-corrected chi connectivity index (χ4v) is 1.79. The van der Waals surface area contributed by atoms with Gasteiger partial charge in [0.1, 0.15) is 0 Å². The van der Waals surface area contributed by atoms with Crippen LogP contribution in [0.4, 0.5) is 0 Å². The molecule has 2 heterocycles. The Kier molecular flexibility index (Phi) is 3.07. The summed E-state index contributed by atoms with van der Waals surface area (Å²) >= 11 is 3.50. The highest BCUT2D eigenvalue weighted by Gasteiger charge is 2.10. The highest BCUT2D eigenvalue weighted by Crippen LogP contribution is 2.22. The molecule has 2 N–H and O–H groups in total. The molecule has 0 unspecified atom stereocenters. The van der Waals surface area contributed by atoms with Gasteiger partial charge >= 0.3 is 0 Å². The molecule has 0 radical (unpaired) electrons. The third-order valence-corrected chi connectivity index (χ3v) is 3.61. The lowest BCUT2D eigenvalue weighted by Crippen LogP contribution is -2.03. The molecule has 0 amide bonds. The number of halogens is 1. The summed E-state index contributed by atoms with van der Waals surface area (Å²) < 4.78 is 2.91. The van der Waals surface area contributed by atoms with Crippen molar-refractivity contribution in [2.45, 2.75) is 20.4 Å². The lowest BCUT2D eigenvalue weighted by atomic mass is 10.3. The van der Waals surface area contributed by atoms with E-state index >= 15 is 0 Å². The smallest absolute Gasteiger partial charge is 0.0832 e. The Labute approximate surface area is 103 Å². The second-order valence-corrected chi connectivity index (χ2v) is 4.40. The maximum atomic E-state index is 5.50. The minimum Gasteiger partial charge on any atom is -0.325 e. The van der Waals surface area contributed by atoms with Gasteiger partial charge in [0.25, 0.3) is 0 Å². The molecule has 0 atom stereocenters. The van der Waals surface area contributed by atoms with Gasteiger partial charge in [0, 0.05) is 6.54 Å². The van der Waals surface area contributed by atoms with Gasteiger partial charge in [-0.3, -0.25) is 4.98 Å². The average molecular weight is 281 g/mol. The van der Waals surface area contributed by atoms with Crippen LogP contribution in [0.25, 0.3) is 5.69 Å². The molecular formula is C11H13BrN4. The van der Waals surface area contributed by atoms with Crippen LogP contribution < -0.4 is 5.73 Å². The first kappa shape index (κ1) is 11.3. The van der Waals surface area contributed by atoms with E-state index in [9.17, 15) is 0 Å². The fourth-order valence-electron chi connectivity index (χ4n) is 1.54. The largest absolute Gasteiger partial charge is 0.325 e. The topological polar surface area (TPSA) is 56.7 Å². The molecule has 16 heavy (non-hydrogen) atoms. The van der Waals surface area contributed by atoms with Crippen LogP contribution >= 0.6 is 15.9 Å². The first-order valence-electron chi connectivity index (χ1n) is 5.00. The number of rotatable bonds is 2. The molecule has 2 aromatic rings. The van der Waals surface area contributed by atoms with Crippen molar-refractivity contribution >= 4 is 15.9 Å². The summed E-state index contributed by atoms with van der Waals surface area (Å²) in [6.45, 7) is 4.44. The number of hydrogen-bond acceptors (Lipinski definition) is 3. The van der Waals surface area contributed by atoms with Gasteiger partial charge in [-0.1, -0.05) is 0 Å². The molecule has 0 saturated carbocycles. The van der Waals surface area contributed by atoms with E-state index in [2.05, 4.69) is 26.0 Å². The molecule has 0 fully saturated rings. The van der Waals surface area contributed by atoms with E-state index < -0.39 is 0 Å². The number of aromatic nitrogens is 3. The molecule has 84 valence electrons. The lowest BCUT2D eigenvalue weighted by Gasteiger charge is -2.04. The highest BCUT2D eigenvalue weighted by molar-refractivity contribution is 9.10. The summed E-state index contributed by atoms with van der Waals surface area (Å²) in [5, 5.41) is 4.43. The Morgan fingerprint density at radius 2 is 2.12 bits per heavy atom. The van der Waals surface area contributed by atoms with Crippen molar-refractivity contribution in [2.24, 2.45) is 5.73 Å². The second kappa shape index (κ2) is 4.35. The standard InChI is InChI=1S/C11H13BrN4/c1-7-11(12)8(2)16(15-7)10-4-3-9(5-13)14-6-10/h3-4,6H,5,13H2,1-2H3. The molecule has 0 saturated heterocycles. The Balaban J connectivity index is 2.46. The van der Waals surface area contributed by atoms with Crippen molar-refractivity contribution in [1.82, 2.24) is 14.8 Å². The molecule has 0 aromatic carbocycles. The zero-order valence-corrected chi connectivity index (χ0v) is 10.8. The van der Waals surface area contributed by atoms with Crippen LogP contribution in [0, 0.1) is 13.8 Å². The minimum absolute atomic E-state index is 0.459. The number of nitrogens with zero attached hydrogens (tertiary/aromatic N) is 3. The monoisotopic (exact) mass is 280 g/mol. The van der Waals surface area contributed by atoms with Gasteiger partial charge in [0.15, 0.2) is 0 Å². The van der Waals surface area contributed by atoms with Gasteiger partial charge in [-0.15, -0.1) is 0 Å². The Bertz CT molecular complexity index is 501. The van der Waals surface area contributed by atoms with E-state index in [0.717, 1.165) is 27.2 Å². The van der Waals surface area contributed by atoms with E-state index in [4.69, 9.17) is 5.73 Å². The number of hydrogen-bond donors (Lipinski definition) is 1. The molecule has 0 aliphatic rings. The molecule has 0 spiro atoms. The van der Waals surface area contributed by atoms with E-state index in [-0.39, 0.29) is 0 Å². The van der Waals surface area contributed by atoms with E-state index in [1.54, 1.807) is 6.20 Å². The molecule has 0 aliphatic heterocycles. The summed E-state index contributed by atoms with van der Waals surface area (Å²) in [7, 11) is 0. The van der Waals surface area contributed by atoms with Crippen LogP contribution in [0.15, 0.2) is 22.8 Å². The van der Waals surface area contributed by atoms with Gasteiger partial charge in [0.05, 0.1) is 33.4 Å². The van der Waals surface area contributed by atoms with E-state index in [1.165, 1.54) is 0 Å². The third-order valence-electron chi connectivity index (χ3n) is 2.47. The molecule has 0 aliphatic carbocycles. The van der Waals surface area contributed by atoms with Gasteiger partial charge in [-0.2, -0.15) is 5.10 Å². The fraction of sp³-hybridized carbons (Fsp3) is 0.273. The van der Waals surface area contributed by atoms with Crippen LogP contribution in [-0.2, 0) is 6.54 Å². The summed E-state index contributed by atoms with van der Waals surface area (Å²) in [4.78, 5) is 4.25. The Morgan fingerprint density at radius 1 is 1.38 bits per heavy atom. The van der Waals surface area contributed by atoms with Crippen LogP contribution in [0.3, 0.4) is 0 Å². The van der Waals surface area contributed by atoms with Gasteiger partial charge in [-0.05, 0) is 41.9 Å². The van der Waals surface area contributed by atoms with E-state index in [1.807, 2.05) is 30.7 Å². The van der Waals surface area contributed by atoms with Crippen LogP contribution in [-0.4, -0.2) is 14.8 Å². The van der Waals surface area contributed by atoms with E-state index in [0.29, 0.717) is 6.54 Å². The summed E-state index contributed by atoms with van der Waals surface area (Å²) in [5.74, 6) is 0. The third kappa shape index (κ3) is 1.88. The summed E-state index contributed by atoms with van der Waals surface area (Å²) in [5.41, 5.74) is 9.37.